The average Bonchev–Trinajstić information content (AvgIpc) is 2.88. The number of carbonyl (C=O) groups is 1. The summed E-state index contributed by atoms with van der Waals surface area (Å²) in [6.45, 7) is 0. The monoisotopic (exact) mass is 302 g/mol. The minimum absolute atomic E-state index is 0.343. The Labute approximate surface area is 116 Å². The molecule has 1 amide bonds. The number of nitrogens with zero attached hydrogens (tertiary/aromatic N) is 1. The quantitative estimate of drug-likeness (QED) is 0.945. The Morgan fingerprint density at radius 2 is 2.15 bits per heavy atom. The molecule has 1 aromatic carbocycles. The summed E-state index contributed by atoms with van der Waals surface area (Å²) < 4.78 is 42.9. The number of carbonyl (C=O) groups excluding carboxylic acids is 1. The van der Waals surface area contributed by atoms with E-state index in [2.05, 4.69) is 10.3 Å². The van der Waals surface area contributed by atoms with Gasteiger partial charge in [-0.05, 0) is 12.1 Å². The van der Waals surface area contributed by atoms with Crippen LogP contribution in [0.15, 0.2) is 29.8 Å². The first-order valence-electron chi connectivity index (χ1n) is 5.38. The molecule has 0 radical (unpaired) electrons. The van der Waals surface area contributed by atoms with E-state index in [0.717, 1.165) is 5.51 Å². The molecule has 0 saturated carbocycles. The molecule has 1 aromatic heterocycles. The number of nitrogens with one attached hydrogen (secondary N) is 1. The standard InChI is InChI=1S/C12H9F3N2O2S/c1-19-8-4-2-3-7(5-8)17-11(18)9-10(12(13,14)15)16-6-20-9/h2-6H,1H3,(H,17,18). The smallest absolute Gasteiger partial charge is 0.434 e. The fourth-order valence-electron chi connectivity index (χ4n) is 1.50. The normalized spacial score (nSPS) is 11.2. The second-order valence-electron chi connectivity index (χ2n) is 3.71. The fourth-order valence-corrected chi connectivity index (χ4v) is 2.20. The first-order valence-corrected chi connectivity index (χ1v) is 6.26. The molecule has 2 aromatic rings. The summed E-state index contributed by atoms with van der Waals surface area (Å²) in [5.74, 6) is -0.365. The summed E-state index contributed by atoms with van der Waals surface area (Å²) in [4.78, 5) is 14.6. The number of hydrogen-bond donors (Lipinski definition) is 1. The summed E-state index contributed by atoms with van der Waals surface area (Å²) >= 11 is 0.639. The number of hydrogen-bond acceptors (Lipinski definition) is 4. The van der Waals surface area contributed by atoms with Crippen molar-refractivity contribution in [3.05, 3.63) is 40.3 Å². The van der Waals surface area contributed by atoms with Crippen molar-refractivity contribution in [3.63, 3.8) is 0 Å². The molecular formula is C12H9F3N2O2S. The van der Waals surface area contributed by atoms with Crippen LogP contribution in [-0.2, 0) is 6.18 Å². The Bertz CT molecular complexity index is 625. The second-order valence-corrected chi connectivity index (χ2v) is 4.57. The van der Waals surface area contributed by atoms with Crippen LogP contribution in [0.1, 0.15) is 15.4 Å². The molecule has 0 fully saturated rings. The molecule has 4 nitrogen and oxygen atoms in total. The van der Waals surface area contributed by atoms with Crippen LogP contribution in [0.4, 0.5) is 18.9 Å². The number of aromatic nitrogens is 1. The SMILES string of the molecule is COc1cccc(NC(=O)c2scnc2C(F)(F)F)c1. The molecular weight excluding hydrogens is 293 g/mol. The predicted octanol–water partition coefficient (Wildman–Crippen LogP) is 3.42. The van der Waals surface area contributed by atoms with Crippen molar-refractivity contribution in [2.24, 2.45) is 0 Å². The maximum atomic E-state index is 12.6. The number of methoxy groups -OCH3 is 1. The molecule has 0 aliphatic rings. The maximum absolute atomic E-state index is 12.6. The van der Waals surface area contributed by atoms with E-state index in [1.54, 1.807) is 18.2 Å². The Hall–Kier alpha value is -2.09. The highest BCUT2D eigenvalue weighted by Gasteiger charge is 2.38. The summed E-state index contributed by atoms with van der Waals surface area (Å²) in [6, 6.07) is 6.33. The third-order valence-electron chi connectivity index (χ3n) is 2.37. The lowest BCUT2D eigenvalue weighted by molar-refractivity contribution is -0.141. The number of ether oxygens (including phenoxy) is 1. The van der Waals surface area contributed by atoms with Crippen molar-refractivity contribution in [2.75, 3.05) is 12.4 Å². The van der Waals surface area contributed by atoms with Gasteiger partial charge in [-0.1, -0.05) is 6.07 Å². The molecule has 1 heterocycles. The third kappa shape index (κ3) is 3.08. The van der Waals surface area contributed by atoms with E-state index in [9.17, 15) is 18.0 Å². The highest BCUT2D eigenvalue weighted by molar-refractivity contribution is 7.12. The number of alkyl halides is 3. The summed E-state index contributed by atoms with van der Waals surface area (Å²) in [7, 11) is 1.45. The minimum Gasteiger partial charge on any atom is -0.497 e. The Morgan fingerprint density at radius 1 is 1.40 bits per heavy atom. The van der Waals surface area contributed by atoms with Gasteiger partial charge < -0.3 is 10.1 Å². The van der Waals surface area contributed by atoms with E-state index in [1.807, 2.05) is 0 Å². The zero-order valence-corrected chi connectivity index (χ0v) is 11.0. The van der Waals surface area contributed by atoms with Gasteiger partial charge in [-0.3, -0.25) is 4.79 Å². The second kappa shape index (κ2) is 5.49. The van der Waals surface area contributed by atoms with Crippen LogP contribution >= 0.6 is 11.3 Å². The van der Waals surface area contributed by atoms with Gasteiger partial charge in [-0.2, -0.15) is 13.2 Å². The summed E-state index contributed by atoms with van der Waals surface area (Å²) in [6.07, 6.45) is -4.65. The molecule has 0 aliphatic heterocycles. The third-order valence-corrected chi connectivity index (χ3v) is 3.20. The molecule has 106 valence electrons. The van der Waals surface area contributed by atoms with E-state index < -0.39 is 22.7 Å². The predicted molar refractivity (Wildman–Crippen MR) is 68.1 cm³/mol. The van der Waals surface area contributed by atoms with Gasteiger partial charge in [0.25, 0.3) is 5.91 Å². The first-order chi connectivity index (χ1) is 9.41. The van der Waals surface area contributed by atoms with Gasteiger partial charge in [-0.25, -0.2) is 4.98 Å². The van der Waals surface area contributed by atoms with E-state index >= 15 is 0 Å². The number of anilines is 1. The van der Waals surface area contributed by atoms with Gasteiger partial charge in [0.05, 0.1) is 12.6 Å². The van der Waals surface area contributed by atoms with E-state index in [0.29, 0.717) is 22.8 Å². The van der Waals surface area contributed by atoms with Crippen LogP contribution in [0.5, 0.6) is 5.75 Å². The number of amides is 1. The first kappa shape index (κ1) is 14.3. The number of rotatable bonds is 3. The van der Waals surface area contributed by atoms with E-state index in [4.69, 9.17) is 4.74 Å². The van der Waals surface area contributed by atoms with Crippen molar-refractivity contribution in [1.29, 1.82) is 0 Å². The van der Waals surface area contributed by atoms with Gasteiger partial charge in [0.1, 0.15) is 10.6 Å². The number of benzene rings is 1. The zero-order valence-electron chi connectivity index (χ0n) is 10.2. The molecule has 2 rings (SSSR count). The van der Waals surface area contributed by atoms with E-state index in [1.165, 1.54) is 13.2 Å². The lowest BCUT2D eigenvalue weighted by Gasteiger charge is -2.08. The van der Waals surface area contributed by atoms with Gasteiger partial charge in [0, 0.05) is 11.8 Å². The Kier molecular flexibility index (Phi) is 3.93. The van der Waals surface area contributed by atoms with Crippen LogP contribution < -0.4 is 10.1 Å². The van der Waals surface area contributed by atoms with Crippen molar-refractivity contribution in [2.45, 2.75) is 6.18 Å². The molecule has 0 saturated heterocycles. The lowest BCUT2D eigenvalue weighted by atomic mass is 10.3. The van der Waals surface area contributed by atoms with Crippen LogP contribution in [0.3, 0.4) is 0 Å². The molecule has 0 unspecified atom stereocenters. The average molecular weight is 302 g/mol. The Balaban J connectivity index is 2.22. The fraction of sp³-hybridized carbons (Fsp3) is 0.167. The topological polar surface area (TPSA) is 51.2 Å². The van der Waals surface area contributed by atoms with E-state index in [-0.39, 0.29) is 0 Å². The van der Waals surface area contributed by atoms with Crippen LogP contribution in [-0.4, -0.2) is 18.0 Å². The molecule has 20 heavy (non-hydrogen) atoms. The molecule has 0 spiro atoms. The van der Waals surface area contributed by atoms with Crippen molar-refractivity contribution >= 4 is 22.9 Å². The van der Waals surface area contributed by atoms with Crippen LogP contribution in [0, 0.1) is 0 Å². The summed E-state index contributed by atoms with van der Waals surface area (Å²) in [5.41, 5.74) is 0.155. The maximum Gasteiger partial charge on any atom is 0.434 e. The zero-order chi connectivity index (χ0) is 14.8. The lowest BCUT2D eigenvalue weighted by Crippen LogP contribution is -2.17. The van der Waals surface area contributed by atoms with Crippen LogP contribution in [0.2, 0.25) is 0 Å². The van der Waals surface area contributed by atoms with Gasteiger partial charge in [0.2, 0.25) is 0 Å². The number of halogens is 3. The highest BCUT2D eigenvalue weighted by atomic mass is 32.1. The molecule has 0 bridgehead atoms. The van der Waals surface area contributed by atoms with Crippen LogP contribution in [0.25, 0.3) is 0 Å². The van der Waals surface area contributed by atoms with Gasteiger partial charge in [0.15, 0.2) is 5.69 Å². The summed E-state index contributed by atoms with van der Waals surface area (Å²) in [5, 5.41) is 2.38. The largest absolute Gasteiger partial charge is 0.497 e. The molecule has 8 heteroatoms. The molecule has 0 aliphatic carbocycles. The molecule has 0 atom stereocenters. The van der Waals surface area contributed by atoms with Gasteiger partial charge in [-0.15, -0.1) is 11.3 Å². The minimum atomic E-state index is -4.65. The van der Waals surface area contributed by atoms with Crippen molar-refractivity contribution in [3.8, 4) is 5.75 Å². The molecule has 1 N–H and O–H groups in total. The Morgan fingerprint density at radius 3 is 2.80 bits per heavy atom. The van der Waals surface area contributed by atoms with Crippen molar-refractivity contribution < 1.29 is 22.7 Å². The number of thiazole rings is 1. The van der Waals surface area contributed by atoms with Gasteiger partial charge >= 0.3 is 6.18 Å². The van der Waals surface area contributed by atoms with Crippen molar-refractivity contribution in [1.82, 2.24) is 4.98 Å². The highest BCUT2D eigenvalue weighted by Crippen LogP contribution is 2.33.